The second-order valence-corrected chi connectivity index (χ2v) is 5.18. The molecule has 0 aliphatic rings. The average molecular weight is 287 g/mol. The molecule has 0 radical (unpaired) electrons. The maximum absolute atomic E-state index is 13.2. The third-order valence-corrected chi connectivity index (χ3v) is 3.53. The van der Waals surface area contributed by atoms with Crippen LogP contribution in [0.5, 0.6) is 0 Å². The molecule has 0 atom stereocenters. The van der Waals surface area contributed by atoms with Crippen LogP contribution in [-0.2, 0) is 0 Å². The molecule has 2 aromatic carbocycles. The zero-order chi connectivity index (χ0) is 14.3. The summed E-state index contributed by atoms with van der Waals surface area (Å²) in [6.45, 7) is 4.02. The summed E-state index contributed by atoms with van der Waals surface area (Å²) in [5.41, 5.74) is 3.79. The lowest BCUT2D eigenvalue weighted by Gasteiger charge is -2.08. The van der Waals surface area contributed by atoms with Crippen molar-refractivity contribution in [3.05, 3.63) is 58.5 Å². The van der Waals surface area contributed by atoms with Gasteiger partial charge in [-0.15, -0.1) is 0 Å². The van der Waals surface area contributed by atoms with Crippen LogP contribution in [0.15, 0.2) is 36.4 Å². The summed E-state index contributed by atoms with van der Waals surface area (Å²) >= 11 is 6.16. The molecule has 0 saturated carbocycles. The first-order valence-electron chi connectivity index (χ1n) is 6.25. The number of aryl methyl sites for hydroxylation is 2. The normalized spacial score (nSPS) is 11.0. The topological polar surface area (TPSA) is 25.8 Å². The van der Waals surface area contributed by atoms with Gasteiger partial charge in [-0.1, -0.05) is 29.3 Å². The molecule has 3 rings (SSSR count). The van der Waals surface area contributed by atoms with Gasteiger partial charge in [-0.25, -0.2) is 14.4 Å². The van der Waals surface area contributed by atoms with Gasteiger partial charge in [-0.05, 0) is 43.7 Å². The van der Waals surface area contributed by atoms with Gasteiger partial charge < -0.3 is 0 Å². The summed E-state index contributed by atoms with van der Waals surface area (Å²) < 4.78 is 13.2. The highest BCUT2D eigenvalue weighted by molar-refractivity contribution is 6.34. The van der Waals surface area contributed by atoms with Crippen LogP contribution in [0.4, 0.5) is 4.39 Å². The molecule has 0 unspecified atom stereocenters. The van der Waals surface area contributed by atoms with Crippen molar-refractivity contribution < 1.29 is 4.39 Å². The second-order valence-electron chi connectivity index (χ2n) is 4.82. The van der Waals surface area contributed by atoms with Crippen molar-refractivity contribution in [3.63, 3.8) is 0 Å². The van der Waals surface area contributed by atoms with Crippen LogP contribution in [0.1, 0.15) is 11.1 Å². The quantitative estimate of drug-likeness (QED) is 0.606. The fourth-order valence-electron chi connectivity index (χ4n) is 2.16. The number of benzene rings is 2. The zero-order valence-corrected chi connectivity index (χ0v) is 11.9. The van der Waals surface area contributed by atoms with Crippen molar-refractivity contribution in [1.82, 2.24) is 9.97 Å². The number of hydrogen-bond donors (Lipinski definition) is 0. The van der Waals surface area contributed by atoms with E-state index in [1.54, 1.807) is 6.07 Å². The molecule has 1 aromatic heterocycles. The highest BCUT2D eigenvalue weighted by Crippen LogP contribution is 2.27. The molecule has 20 heavy (non-hydrogen) atoms. The third-order valence-electron chi connectivity index (χ3n) is 3.25. The molecule has 3 aromatic rings. The molecule has 100 valence electrons. The lowest BCUT2D eigenvalue weighted by molar-refractivity contribution is 0.629. The Labute approximate surface area is 121 Å². The molecular weight excluding hydrogens is 275 g/mol. The van der Waals surface area contributed by atoms with E-state index in [0.717, 1.165) is 16.7 Å². The number of aromatic nitrogens is 2. The van der Waals surface area contributed by atoms with Gasteiger partial charge in [0.1, 0.15) is 11.0 Å². The van der Waals surface area contributed by atoms with E-state index in [9.17, 15) is 4.39 Å². The largest absolute Gasteiger partial charge is 0.228 e. The molecule has 2 nitrogen and oxygen atoms in total. The fourth-order valence-corrected chi connectivity index (χ4v) is 2.39. The molecule has 0 saturated heterocycles. The van der Waals surface area contributed by atoms with E-state index < -0.39 is 0 Å². The summed E-state index contributed by atoms with van der Waals surface area (Å²) in [5, 5.41) is 0.797. The Morgan fingerprint density at radius 2 is 1.80 bits per heavy atom. The average Bonchev–Trinajstić information content (AvgIpc) is 2.42. The van der Waals surface area contributed by atoms with Gasteiger partial charge >= 0.3 is 0 Å². The minimum Gasteiger partial charge on any atom is -0.228 e. The van der Waals surface area contributed by atoms with Gasteiger partial charge in [-0.3, -0.25) is 0 Å². The molecule has 0 spiro atoms. The summed E-state index contributed by atoms with van der Waals surface area (Å²) in [6, 6.07) is 10.4. The molecule has 1 heterocycles. The first-order chi connectivity index (χ1) is 9.54. The van der Waals surface area contributed by atoms with Crippen molar-refractivity contribution in [2.24, 2.45) is 0 Å². The molecule has 0 fully saturated rings. The van der Waals surface area contributed by atoms with Crippen molar-refractivity contribution >= 4 is 22.5 Å². The summed E-state index contributed by atoms with van der Waals surface area (Å²) in [5.74, 6) is 0.220. The number of hydrogen-bond acceptors (Lipinski definition) is 2. The molecule has 0 bridgehead atoms. The Morgan fingerprint density at radius 1 is 1.00 bits per heavy atom. The summed E-state index contributed by atoms with van der Waals surface area (Å²) in [7, 11) is 0. The van der Waals surface area contributed by atoms with Crippen LogP contribution in [0.25, 0.3) is 22.3 Å². The monoisotopic (exact) mass is 286 g/mol. The lowest BCUT2D eigenvalue weighted by atomic mass is 10.0. The standard InChI is InChI=1S/C16H12ClFN2/c1-9-3-4-10(2)12(7-9)16-19-14-6-5-11(18)8-13(14)15(17)20-16/h3-8H,1-2H3. The van der Waals surface area contributed by atoms with E-state index in [4.69, 9.17) is 11.6 Å². The smallest absolute Gasteiger partial charge is 0.161 e. The minimum atomic E-state index is -0.345. The van der Waals surface area contributed by atoms with Gasteiger partial charge in [0, 0.05) is 10.9 Å². The van der Waals surface area contributed by atoms with Crippen molar-refractivity contribution in [3.8, 4) is 11.4 Å². The number of fused-ring (bicyclic) bond motifs is 1. The summed E-state index contributed by atoms with van der Waals surface area (Å²) in [4.78, 5) is 8.79. The van der Waals surface area contributed by atoms with Crippen LogP contribution in [-0.4, -0.2) is 9.97 Å². The predicted molar refractivity (Wildman–Crippen MR) is 79.4 cm³/mol. The Kier molecular flexibility index (Phi) is 3.14. The highest BCUT2D eigenvalue weighted by Gasteiger charge is 2.10. The SMILES string of the molecule is Cc1ccc(C)c(-c2nc(Cl)c3cc(F)ccc3n2)c1. The third kappa shape index (κ3) is 2.25. The van der Waals surface area contributed by atoms with E-state index in [1.165, 1.54) is 12.1 Å². The summed E-state index contributed by atoms with van der Waals surface area (Å²) in [6.07, 6.45) is 0. The zero-order valence-electron chi connectivity index (χ0n) is 11.1. The predicted octanol–water partition coefficient (Wildman–Crippen LogP) is 4.71. The van der Waals surface area contributed by atoms with Crippen LogP contribution < -0.4 is 0 Å². The van der Waals surface area contributed by atoms with Crippen LogP contribution in [0, 0.1) is 19.7 Å². The number of halogens is 2. The van der Waals surface area contributed by atoms with Crippen molar-refractivity contribution in [2.75, 3.05) is 0 Å². The molecule has 0 amide bonds. The first kappa shape index (κ1) is 13.0. The second kappa shape index (κ2) is 4.84. The van der Waals surface area contributed by atoms with Gasteiger partial charge in [-0.2, -0.15) is 0 Å². The first-order valence-corrected chi connectivity index (χ1v) is 6.63. The van der Waals surface area contributed by atoms with E-state index in [-0.39, 0.29) is 11.0 Å². The maximum Gasteiger partial charge on any atom is 0.161 e. The van der Waals surface area contributed by atoms with Gasteiger partial charge in [0.25, 0.3) is 0 Å². The van der Waals surface area contributed by atoms with Gasteiger partial charge in [0.05, 0.1) is 5.52 Å². The van der Waals surface area contributed by atoms with E-state index >= 15 is 0 Å². The van der Waals surface area contributed by atoms with Crippen molar-refractivity contribution in [2.45, 2.75) is 13.8 Å². The highest BCUT2D eigenvalue weighted by atomic mass is 35.5. The maximum atomic E-state index is 13.2. The van der Waals surface area contributed by atoms with Gasteiger partial charge in [0.2, 0.25) is 0 Å². The van der Waals surface area contributed by atoms with E-state index in [0.29, 0.717) is 16.7 Å². The number of rotatable bonds is 1. The van der Waals surface area contributed by atoms with E-state index in [2.05, 4.69) is 9.97 Å². The molecular formula is C16H12ClFN2. The Hall–Kier alpha value is -2.00. The van der Waals surface area contributed by atoms with Crippen LogP contribution in [0.2, 0.25) is 5.15 Å². The molecule has 0 N–H and O–H groups in total. The minimum absolute atomic E-state index is 0.269. The van der Waals surface area contributed by atoms with Crippen LogP contribution >= 0.6 is 11.6 Å². The Morgan fingerprint density at radius 3 is 2.60 bits per heavy atom. The van der Waals surface area contributed by atoms with E-state index in [1.807, 2.05) is 32.0 Å². The van der Waals surface area contributed by atoms with Crippen LogP contribution in [0.3, 0.4) is 0 Å². The lowest BCUT2D eigenvalue weighted by Crippen LogP contribution is -1.95. The van der Waals surface area contributed by atoms with Gasteiger partial charge in [0.15, 0.2) is 5.82 Å². The Balaban J connectivity index is 2.27. The Bertz CT molecular complexity index is 815. The molecule has 4 heteroatoms. The molecule has 0 aliphatic heterocycles. The fraction of sp³-hybridized carbons (Fsp3) is 0.125. The van der Waals surface area contributed by atoms with Crippen molar-refractivity contribution in [1.29, 1.82) is 0 Å². The number of nitrogens with zero attached hydrogens (tertiary/aromatic N) is 2. The molecule has 0 aliphatic carbocycles.